The standard InChI is InChI=1S/C19H19ClN2O/c1-13-19(15-8-4-6-10-17(15)21-13)18(23)12-22(2)11-14-7-3-5-9-16(14)20/h3-10,21H,11-12H2,1-2H3/p+1. The van der Waals surface area contributed by atoms with Gasteiger partial charge in [0, 0.05) is 27.2 Å². The van der Waals surface area contributed by atoms with E-state index in [2.05, 4.69) is 4.98 Å². The Kier molecular flexibility index (Phi) is 4.51. The molecular weight excluding hydrogens is 308 g/mol. The predicted octanol–water partition coefficient (Wildman–Crippen LogP) is 3.03. The molecule has 1 atom stereocenters. The van der Waals surface area contributed by atoms with Crippen molar-refractivity contribution in [2.24, 2.45) is 0 Å². The highest BCUT2D eigenvalue weighted by Gasteiger charge is 2.19. The van der Waals surface area contributed by atoms with Crippen LogP contribution in [0, 0.1) is 6.92 Å². The number of ketones is 1. The monoisotopic (exact) mass is 327 g/mol. The topological polar surface area (TPSA) is 37.3 Å². The fourth-order valence-corrected chi connectivity index (χ4v) is 3.23. The maximum Gasteiger partial charge on any atom is 0.219 e. The Morgan fingerprint density at radius 2 is 1.83 bits per heavy atom. The number of Topliss-reactive ketones (excluding diaryl/α,β-unsaturated/α-hetero) is 1. The Morgan fingerprint density at radius 3 is 2.61 bits per heavy atom. The van der Waals surface area contributed by atoms with E-state index in [9.17, 15) is 4.79 Å². The Balaban J connectivity index is 1.78. The lowest BCUT2D eigenvalue weighted by Gasteiger charge is -2.14. The van der Waals surface area contributed by atoms with Gasteiger partial charge in [-0.1, -0.05) is 48.0 Å². The average Bonchev–Trinajstić information content (AvgIpc) is 2.85. The molecule has 0 radical (unpaired) electrons. The zero-order valence-corrected chi connectivity index (χ0v) is 14.1. The number of halogens is 1. The molecular formula is C19H20ClN2O+. The molecule has 0 amide bonds. The number of rotatable bonds is 5. The van der Waals surface area contributed by atoms with Crippen LogP contribution in [0.2, 0.25) is 5.02 Å². The molecule has 0 bridgehead atoms. The van der Waals surface area contributed by atoms with Crippen molar-refractivity contribution in [2.75, 3.05) is 13.6 Å². The SMILES string of the molecule is Cc1[nH]c2ccccc2c1C(=O)C[NH+](C)Cc1ccccc1Cl. The minimum atomic E-state index is 0.157. The Hall–Kier alpha value is -2.10. The molecule has 4 heteroatoms. The summed E-state index contributed by atoms with van der Waals surface area (Å²) >= 11 is 6.20. The van der Waals surface area contributed by atoms with Gasteiger partial charge in [0.25, 0.3) is 0 Å². The lowest BCUT2D eigenvalue weighted by Crippen LogP contribution is -3.08. The van der Waals surface area contributed by atoms with Crippen molar-refractivity contribution in [1.82, 2.24) is 4.98 Å². The van der Waals surface area contributed by atoms with E-state index in [1.165, 1.54) is 0 Å². The first-order valence-corrected chi connectivity index (χ1v) is 8.09. The van der Waals surface area contributed by atoms with Gasteiger partial charge in [-0.2, -0.15) is 0 Å². The molecule has 1 heterocycles. The molecule has 2 aromatic carbocycles. The number of nitrogens with one attached hydrogen (secondary N) is 2. The number of H-pyrrole nitrogens is 1. The van der Waals surface area contributed by atoms with Crippen LogP contribution in [0.1, 0.15) is 21.6 Å². The summed E-state index contributed by atoms with van der Waals surface area (Å²) in [4.78, 5) is 17.2. The number of carbonyl (C=O) groups excluding carboxylic acids is 1. The Labute approximate surface area is 140 Å². The first kappa shape index (κ1) is 15.8. The van der Waals surface area contributed by atoms with E-state index in [1.54, 1.807) is 0 Å². The van der Waals surface area contributed by atoms with Gasteiger partial charge in [-0.05, 0) is 19.1 Å². The quantitative estimate of drug-likeness (QED) is 0.694. The molecule has 0 aliphatic heterocycles. The summed E-state index contributed by atoms with van der Waals surface area (Å²) in [5.74, 6) is 0.157. The predicted molar refractivity (Wildman–Crippen MR) is 94.3 cm³/mol. The largest absolute Gasteiger partial charge is 0.358 e. The number of aryl methyl sites for hydroxylation is 1. The van der Waals surface area contributed by atoms with E-state index in [1.807, 2.05) is 62.5 Å². The second kappa shape index (κ2) is 6.57. The first-order valence-electron chi connectivity index (χ1n) is 7.71. The van der Waals surface area contributed by atoms with Gasteiger partial charge in [0.1, 0.15) is 13.1 Å². The van der Waals surface area contributed by atoms with Gasteiger partial charge in [0.05, 0.1) is 12.6 Å². The molecule has 1 unspecified atom stereocenters. The summed E-state index contributed by atoms with van der Waals surface area (Å²) in [5.41, 5.74) is 3.81. The van der Waals surface area contributed by atoms with Gasteiger partial charge in [0.15, 0.2) is 0 Å². The van der Waals surface area contributed by atoms with Crippen molar-refractivity contribution in [2.45, 2.75) is 13.5 Å². The molecule has 3 rings (SSSR count). The number of likely N-dealkylation sites (N-methyl/N-ethyl adjacent to an activating group) is 1. The van der Waals surface area contributed by atoms with Crippen LogP contribution in [-0.2, 0) is 6.54 Å². The number of aromatic amines is 1. The van der Waals surface area contributed by atoms with Crippen molar-refractivity contribution in [3.63, 3.8) is 0 Å². The smallest absolute Gasteiger partial charge is 0.219 e. The second-order valence-corrected chi connectivity index (χ2v) is 6.40. The van der Waals surface area contributed by atoms with E-state index in [-0.39, 0.29) is 5.78 Å². The zero-order chi connectivity index (χ0) is 16.4. The third-order valence-corrected chi connectivity index (χ3v) is 4.45. The highest BCUT2D eigenvalue weighted by atomic mass is 35.5. The number of para-hydroxylation sites is 1. The highest BCUT2D eigenvalue weighted by molar-refractivity contribution is 6.31. The molecule has 0 aliphatic rings. The molecule has 0 aliphatic carbocycles. The first-order chi connectivity index (χ1) is 11.1. The highest BCUT2D eigenvalue weighted by Crippen LogP contribution is 2.21. The fourth-order valence-electron chi connectivity index (χ4n) is 3.03. The number of benzene rings is 2. The van der Waals surface area contributed by atoms with Crippen LogP contribution < -0.4 is 4.90 Å². The van der Waals surface area contributed by atoms with Crippen molar-refractivity contribution >= 4 is 28.3 Å². The van der Waals surface area contributed by atoms with E-state index in [0.29, 0.717) is 6.54 Å². The molecule has 1 aromatic heterocycles. The summed E-state index contributed by atoms with van der Waals surface area (Å²) in [6, 6.07) is 15.7. The molecule has 3 aromatic rings. The van der Waals surface area contributed by atoms with Gasteiger partial charge in [-0.3, -0.25) is 4.79 Å². The van der Waals surface area contributed by atoms with Gasteiger partial charge in [0.2, 0.25) is 5.78 Å². The summed E-state index contributed by atoms with van der Waals surface area (Å²) < 4.78 is 0. The number of carbonyl (C=O) groups is 1. The van der Waals surface area contributed by atoms with E-state index in [0.717, 1.165) is 44.2 Å². The van der Waals surface area contributed by atoms with Gasteiger partial charge in [-0.25, -0.2) is 0 Å². The van der Waals surface area contributed by atoms with Crippen LogP contribution in [0.15, 0.2) is 48.5 Å². The van der Waals surface area contributed by atoms with Crippen molar-refractivity contribution in [3.8, 4) is 0 Å². The van der Waals surface area contributed by atoms with Gasteiger partial charge < -0.3 is 9.88 Å². The van der Waals surface area contributed by atoms with Crippen LogP contribution in [0.25, 0.3) is 10.9 Å². The third kappa shape index (κ3) is 3.31. The summed E-state index contributed by atoms with van der Waals surface area (Å²) in [7, 11) is 2.02. The molecule has 118 valence electrons. The molecule has 0 spiro atoms. The molecule has 23 heavy (non-hydrogen) atoms. The van der Waals surface area contributed by atoms with Crippen molar-refractivity contribution in [1.29, 1.82) is 0 Å². The Bertz CT molecular complexity index is 853. The number of fused-ring (bicyclic) bond motifs is 1. The molecule has 0 saturated carbocycles. The molecule has 0 saturated heterocycles. The van der Waals surface area contributed by atoms with Crippen molar-refractivity contribution in [3.05, 3.63) is 70.4 Å². The van der Waals surface area contributed by atoms with Crippen LogP contribution in [-0.4, -0.2) is 24.4 Å². The summed E-state index contributed by atoms with van der Waals surface area (Å²) in [6.07, 6.45) is 0. The van der Waals surface area contributed by atoms with E-state index < -0.39 is 0 Å². The van der Waals surface area contributed by atoms with Gasteiger partial charge >= 0.3 is 0 Å². The summed E-state index contributed by atoms with van der Waals surface area (Å²) in [5, 5.41) is 1.75. The average molecular weight is 328 g/mol. The fraction of sp³-hybridized carbons (Fsp3) is 0.211. The van der Waals surface area contributed by atoms with E-state index in [4.69, 9.17) is 11.6 Å². The lowest BCUT2D eigenvalue weighted by molar-refractivity contribution is -0.884. The minimum absolute atomic E-state index is 0.157. The van der Waals surface area contributed by atoms with Crippen molar-refractivity contribution < 1.29 is 9.69 Å². The number of hydrogen-bond donors (Lipinski definition) is 2. The zero-order valence-electron chi connectivity index (χ0n) is 13.3. The van der Waals surface area contributed by atoms with Crippen LogP contribution >= 0.6 is 11.6 Å². The van der Waals surface area contributed by atoms with Crippen LogP contribution in [0.5, 0.6) is 0 Å². The Morgan fingerprint density at radius 1 is 1.13 bits per heavy atom. The number of aromatic nitrogens is 1. The normalized spacial score (nSPS) is 12.5. The molecule has 2 N–H and O–H groups in total. The lowest BCUT2D eigenvalue weighted by atomic mass is 10.1. The maximum absolute atomic E-state index is 12.8. The third-order valence-electron chi connectivity index (χ3n) is 4.08. The van der Waals surface area contributed by atoms with Crippen LogP contribution in [0.4, 0.5) is 0 Å². The summed E-state index contributed by atoms with van der Waals surface area (Å²) in [6.45, 7) is 3.12. The minimum Gasteiger partial charge on any atom is -0.358 e. The number of quaternary nitrogens is 1. The second-order valence-electron chi connectivity index (χ2n) is 6.00. The number of hydrogen-bond acceptors (Lipinski definition) is 1. The van der Waals surface area contributed by atoms with Gasteiger partial charge in [-0.15, -0.1) is 0 Å². The maximum atomic E-state index is 12.8. The molecule has 3 nitrogen and oxygen atoms in total. The molecule has 0 fully saturated rings. The van der Waals surface area contributed by atoms with Crippen LogP contribution in [0.3, 0.4) is 0 Å². The van der Waals surface area contributed by atoms with E-state index >= 15 is 0 Å².